The van der Waals surface area contributed by atoms with Crippen molar-refractivity contribution in [3.05, 3.63) is 24.3 Å². The minimum atomic E-state index is -1.11. The van der Waals surface area contributed by atoms with Crippen molar-refractivity contribution in [1.82, 2.24) is 5.32 Å². The van der Waals surface area contributed by atoms with E-state index in [1.165, 1.54) is 18.5 Å². The largest absolute Gasteiger partial charge is 0.372 e. The average molecular weight is 360 g/mol. The first kappa shape index (κ1) is 20.3. The number of piperidine rings is 1. The van der Waals surface area contributed by atoms with Crippen LogP contribution in [-0.4, -0.2) is 31.4 Å². The molecule has 0 atom stereocenters. The Kier molecular flexibility index (Phi) is 6.68. The number of rotatable bonds is 6. The summed E-state index contributed by atoms with van der Waals surface area (Å²) in [6, 6.07) is 7.90. The van der Waals surface area contributed by atoms with Gasteiger partial charge in [0.15, 0.2) is 0 Å². The third kappa shape index (κ3) is 5.23. The van der Waals surface area contributed by atoms with Crippen LogP contribution in [-0.2, 0) is 9.59 Å². The maximum Gasteiger partial charge on any atom is 0.239 e. The van der Waals surface area contributed by atoms with E-state index in [1.807, 2.05) is 38.1 Å². The Labute approximate surface area is 157 Å². The fourth-order valence-corrected chi connectivity index (χ4v) is 2.93. The fourth-order valence-electron chi connectivity index (χ4n) is 2.93. The first-order valence-corrected chi connectivity index (χ1v) is 9.65. The maximum absolute atomic E-state index is 12.6. The summed E-state index contributed by atoms with van der Waals surface area (Å²) in [4.78, 5) is 27.3. The summed E-state index contributed by atoms with van der Waals surface area (Å²) in [7, 11) is 0. The lowest BCUT2D eigenvalue weighted by Crippen LogP contribution is -2.46. The molecule has 1 aromatic carbocycles. The lowest BCUT2D eigenvalue weighted by atomic mass is 9.90. The lowest BCUT2D eigenvalue weighted by Gasteiger charge is -2.32. The normalized spacial score (nSPS) is 15.8. The fraction of sp³-hybridized carbons (Fsp3) is 0.619. The van der Waals surface area contributed by atoms with E-state index in [0.29, 0.717) is 18.2 Å². The van der Waals surface area contributed by atoms with E-state index in [0.717, 1.165) is 19.0 Å². The van der Waals surface area contributed by atoms with Crippen LogP contribution in [0.3, 0.4) is 0 Å². The van der Waals surface area contributed by atoms with E-state index in [9.17, 15) is 9.59 Å². The third-order valence-electron chi connectivity index (χ3n) is 5.08. The van der Waals surface area contributed by atoms with Gasteiger partial charge in [0.2, 0.25) is 11.8 Å². The van der Waals surface area contributed by atoms with Crippen LogP contribution in [0.4, 0.5) is 11.4 Å². The van der Waals surface area contributed by atoms with Gasteiger partial charge in [-0.15, -0.1) is 0 Å². The number of benzene rings is 1. The molecule has 0 aliphatic carbocycles. The number of nitrogens with zero attached hydrogens (tertiary/aromatic N) is 1. The zero-order valence-corrected chi connectivity index (χ0v) is 16.8. The van der Waals surface area contributed by atoms with Gasteiger partial charge in [0.1, 0.15) is 5.41 Å². The van der Waals surface area contributed by atoms with Gasteiger partial charge in [0.05, 0.1) is 0 Å². The second kappa shape index (κ2) is 8.56. The van der Waals surface area contributed by atoms with Crippen LogP contribution in [0.15, 0.2) is 24.3 Å². The highest BCUT2D eigenvalue weighted by molar-refractivity contribution is 6.09. The monoisotopic (exact) mass is 359 g/mol. The van der Waals surface area contributed by atoms with E-state index in [2.05, 4.69) is 22.5 Å². The highest BCUT2D eigenvalue weighted by Crippen LogP contribution is 2.25. The van der Waals surface area contributed by atoms with Gasteiger partial charge in [-0.2, -0.15) is 0 Å². The van der Waals surface area contributed by atoms with Crippen LogP contribution in [0.25, 0.3) is 0 Å². The predicted molar refractivity (Wildman–Crippen MR) is 107 cm³/mol. The highest BCUT2D eigenvalue weighted by atomic mass is 16.2. The molecule has 1 heterocycles. The summed E-state index contributed by atoms with van der Waals surface area (Å²) in [5.74, 6) is 0.609. The van der Waals surface area contributed by atoms with Crippen molar-refractivity contribution in [2.24, 2.45) is 17.3 Å². The number of nitrogens with one attached hydrogen (secondary N) is 2. The van der Waals surface area contributed by atoms with E-state index in [1.54, 1.807) is 13.8 Å². The molecule has 1 aliphatic heterocycles. The minimum absolute atomic E-state index is 0.247. The number of carbonyl (C=O) groups excluding carboxylic acids is 2. The van der Waals surface area contributed by atoms with E-state index >= 15 is 0 Å². The van der Waals surface area contributed by atoms with Crippen molar-refractivity contribution in [3.8, 4) is 0 Å². The summed E-state index contributed by atoms with van der Waals surface area (Å²) in [6.45, 7) is 12.4. The molecule has 0 unspecified atom stereocenters. The molecule has 1 aliphatic rings. The third-order valence-corrected chi connectivity index (χ3v) is 5.08. The smallest absolute Gasteiger partial charge is 0.239 e. The quantitative estimate of drug-likeness (QED) is 0.762. The Morgan fingerprint density at radius 1 is 1.12 bits per heavy atom. The van der Waals surface area contributed by atoms with Crippen molar-refractivity contribution < 1.29 is 9.59 Å². The average Bonchev–Trinajstić information content (AvgIpc) is 2.60. The van der Waals surface area contributed by atoms with Gasteiger partial charge in [-0.05, 0) is 62.8 Å². The molecule has 1 aromatic rings. The second-order valence-electron chi connectivity index (χ2n) is 8.40. The molecule has 2 N–H and O–H groups in total. The van der Waals surface area contributed by atoms with E-state index in [4.69, 9.17) is 0 Å². The highest BCUT2D eigenvalue weighted by Gasteiger charge is 2.36. The molecule has 1 saturated heterocycles. The van der Waals surface area contributed by atoms with E-state index < -0.39 is 5.41 Å². The van der Waals surface area contributed by atoms with Crippen molar-refractivity contribution in [3.63, 3.8) is 0 Å². The van der Waals surface area contributed by atoms with Gasteiger partial charge < -0.3 is 15.5 Å². The topological polar surface area (TPSA) is 61.4 Å². The maximum atomic E-state index is 12.6. The number of carbonyl (C=O) groups is 2. The molecule has 0 bridgehead atoms. The number of hydrogen-bond donors (Lipinski definition) is 2. The Balaban J connectivity index is 1.95. The SMILES string of the molecule is CC(C)CNC(=O)C(C)(C)C(=O)Nc1ccc(N2CCC(C)CC2)cc1. The first-order valence-electron chi connectivity index (χ1n) is 9.65. The van der Waals surface area contributed by atoms with Gasteiger partial charge in [-0.25, -0.2) is 0 Å². The molecular formula is C21H33N3O2. The molecule has 5 nitrogen and oxygen atoms in total. The number of amides is 2. The van der Waals surface area contributed by atoms with Crippen LogP contribution >= 0.6 is 0 Å². The summed E-state index contributed by atoms with van der Waals surface area (Å²) in [5, 5.41) is 5.71. The van der Waals surface area contributed by atoms with Crippen LogP contribution in [0, 0.1) is 17.3 Å². The minimum Gasteiger partial charge on any atom is -0.372 e. The molecule has 0 spiro atoms. The first-order chi connectivity index (χ1) is 12.2. The molecule has 0 saturated carbocycles. The summed E-state index contributed by atoms with van der Waals surface area (Å²) >= 11 is 0. The van der Waals surface area contributed by atoms with Crippen molar-refractivity contribution in [1.29, 1.82) is 0 Å². The Bertz CT molecular complexity index is 615. The van der Waals surface area contributed by atoms with Crippen LogP contribution < -0.4 is 15.5 Å². The molecule has 0 radical (unpaired) electrons. The summed E-state index contributed by atoms with van der Waals surface area (Å²) < 4.78 is 0. The summed E-state index contributed by atoms with van der Waals surface area (Å²) in [6.07, 6.45) is 2.44. The number of hydrogen-bond acceptors (Lipinski definition) is 3. The van der Waals surface area contributed by atoms with Crippen LogP contribution in [0.1, 0.15) is 47.5 Å². The van der Waals surface area contributed by atoms with Crippen molar-refractivity contribution in [2.45, 2.75) is 47.5 Å². The molecule has 2 amide bonds. The Hall–Kier alpha value is -2.04. The molecule has 26 heavy (non-hydrogen) atoms. The predicted octanol–water partition coefficient (Wildman–Crippen LogP) is 3.66. The standard InChI is InChI=1S/C21H33N3O2/c1-15(2)14-22-19(25)21(4,5)20(26)23-17-6-8-18(9-7-17)24-12-10-16(3)11-13-24/h6-9,15-16H,10-14H2,1-5H3,(H,22,25)(H,23,26). The second-order valence-corrected chi connectivity index (χ2v) is 8.40. The van der Waals surface area contributed by atoms with E-state index in [-0.39, 0.29) is 11.8 Å². The summed E-state index contributed by atoms with van der Waals surface area (Å²) in [5.41, 5.74) is 0.786. The Morgan fingerprint density at radius 3 is 2.23 bits per heavy atom. The Morgan fingerprint density at radius 2 is 1.69 bits per heavy atom. The van der Waals surface area contributed by atoms with Gasteiger partial charge in [-0.1, -0.05) is 20.8 Å². The van der Waals surface area contributed by atoms with Crippen molar-refractivity contribution >= 4 is 23.2 Å². The number of anilines is 2. The van der Waals surface area contributed by atoms with Gasteiger partial charge in [0, 0.05) is 31.0 Å². The zero-order chi connectivity index (χ0) is 19.3. The van der Waals surface area contributed by atoms with Crippen molar-refractivity contribution in [2.75, 3.05) is 29.9 Å². The lowest BCUT2D eigenvalue weighted by molar-refractivity contribution is -0.138. The van der Waals surface area contributed by atoms with Crippen LogP contribution in [0.2, 0.25) is 0 Å². The van der Waals surface area contributed by atoms with Gasteiger partial charge in [0.25, 0.3) is 0 Å². The molecule has 2 rings (SSSR count). The van der Waals surface area contributed by atoms with Gasteiger partial charge in [-0.3, -0.25) is 9.59 Å². The van der Waals surface area contributed by atoms with Gasteiger partial charge >= 0.3 is 0 Å². The molecular weight excluding hydrogens is 326 g/mol. The molecule has 144 valence electrons. The molecule has 1 fully saturated rings. The molecule has 5 heteroatoms. The molecule has 0 aromatic heterocycles. The van der Waals surface area contributed by atoms with Crippen LogP contribution in [0.5, 0.6) is 0 Å². The zero-order valence-electron chi connectivity index (χ0n) is 16.8.